The molecule has 3 rings (SSSR count). The smallest absolute Gasteiger partial charge is 0.262 e. The van der Waals surface area contributed by atoms with Crippen LogP contribution in [0, 0.1) is 11.3 Å². The summed E-state index contributed by atoms with van der Waals surface area (Å²) in [4.78, 5) is 32.0. The Kier molecular flexibility index (Phi) is 7.40. The second-order valence-electron chi connectivity index (χ2n) is 7.45. The lowest BCUT2D eigenvalue weighted by molar-refractivity contribution is -0.131. The van der Waals surface area contributed by atoms with Gasteiger partial charge in [0.15, 0.2) is 5.16 Å². The van der Waals surface area contributed by atoms with Gasteiger partial charge < -0.3 is 9.64 Å². The number of hydrogen-bond donors (Lipinski definition) is 0. The van der Waals surface area contributed by atoms with Crippen LogP contribution in [0.3, 0.4) is 0 Å². The minimum Gasteiger partial charge on any atom is -0.383 e. The summed E-state index contributed by atoms with van der Waals surface area (Å²) in [6.45, 7) is 0.676. The first-order chi connectivity index (χ1) is 14.4. The Balaban J connectivity index is 1.86. The van der Waals surface area contributed by atoms with Crippen molar-refractivity contribution < 1.29 is 9.53 Å². The Hall–Kier alpha value is -2.08. The number of methoxy groups -OCH3 is 1. The maximum absolute atomic E-state index is 13.0. The minimum absolute atomic E-state index is 0.0887. The summed E-state index contributed by atoms with van der Waals surface area (Å²) < 4.78 is 6.65. The molecule has 0 bridgehead atoms. The quantitative estimate of drug-likeness (QED) is 0.476. The molecule has 9 heteroatoms. The van der Waals surface area contributed by atoms with Crippen LogP contribution in [0.25, 0.3) is 10.9 Å². The number of nitriles is 1. The standard InChI is InChI=1S/C21H25ClN4O3S/c1-25(21(14-23)8-4-3-5-9-21)18(27)13-30-20-24-17-12-15(22)6-7-16(17)19(28)26(20)10-11-29-2/h6-7,12H,3-5,8-11,13H2,1-2H3. The molecule has 1 aliphatic rings. The number of amides is 1. The van der Waals surface area contributed by atoms with Gasteiger partial charge in [0, 0.05) is 19.2 Å². The SMILES string of the molecule is COCCn1c(SCC(=O)N(C)C2(C#N)CCCCC2)nc2cc(Cl)ccc2c1=O. The molecule has 0 spiro atoms. The van der Waals surface area contributed by atoms with Crippen LogP contribution >= 0.6 is 23.4 Å². The van der Waals surface area contributed by atoms with Gasteiger partial charge in [0.05, 0.1) is 35.9 Å². The average Bonchev–Trinajstić information content (AvgIpc) is 2.76. The van der Waals surface area contributed by atoms with E-state index in [1.807, 2.05) is 0 Å². The van der Waals surface area contributed by atoms with E-state index in [0.29, 0.717) is 47.1 Å². The molecule has 1 saturated carbocycles. The largest absolute Gasteiger partial charge is 0.383 e. The van der Waals surface area contributed by atoms with Crippen LogP contribution in [0.15, 0.2) is 28.2 Å². The lowest BCUT2D eigenvalue weighted by atomic mass is 9.81. The van der Waals surface area contributed by atoms with E-state index in [4.69, 9.17) is 16.3 Å². The molecule has 0 N–H and O–H groups in total. The van der Waals surface area contributed by atoms with Gasteiger partial charge in [-0.3, -0.25) is 14.2 Å². The van der Waals surface area contributed by atoms with Crippen LogP contribution in [0.4, 0.5) is 0 Å². The zero-order valence-corrected chi connectivity index (χ0v) is 18.8. The van der Waals surface area contributed by atoms with Crippen molar-refractivity contribution in [1.82, 2.24) is 14.5 Å². The number of nitrogens with zero attached hydrogens (tertiary/aromatic N) is 4. The fraction of sp³-hybridized carbons (Fsp3) is 0.524. The molecule has 1 heterocycles. The summed E-state index contributed by atoms with van der Waals surface area (Å²) in [6.07, 6.45) is 4.38. The summed E-state index contributed by atoms with van der Waals surface area (Å²) >= 11 is 7.26. The molecule has 30 heavy (non-hydrogen) atoms. The molecule has 1 fully saturated rings. The number of carbonyl (C=O) groups is 1. The highest BCUT2D eigenvalue weighted by atomic mass is 35.5. The predicted octanol–water partition coefficient (Wildman–Crippen LogP) is 3.47. The molecule has 2 aromatic rings. The number of carbonyl (C=O) groups excluding carboxylic acids is 1. The Morgan fingerprint density at radius 2 is 2.13 bits per heavy atom. The van der Waals surface area contributed by atoms with Crippen molar-refractivity contribution in [3.05, 3.63) is 33.6 Å². The molecule has 160 valence electrons. The Morgan fingerprint density at radius 3 is 2.80 bits per heavy atom. The number of fused-ring (bicyclic) bond motifs is 1. The average molecular weight is 449 g/mol. The van der Waals surface area contributed by atoms with Gasteiger partial charge in [-0.15, -0.1) is 0 Å². The highest BCUT2D eigenvalue weighted by molar-refractivity contribution is 7.99. The molecule has 0 atom stereocenters. The van der Waals surface area contributed by atoms with Crippen molar-refractivity contribution >= 4 is 40.2 Å². The topological polar surface area (TPSA) is 88.2 Å². The number of rotatable bonds is 7. The zero-order valence-electron chi connectivity index (χ0n) is 17.2. The number of halogens is 1. The van der Waals surface area contributed by atoms with Crippen LogP contribution < -0.4 is 5.56 Å². The number of aromatic nitrogens is 2. The fourth-order valence-electron chi connectivity index (χ4n) is 3.78. The molecule has 7 nitrogen and oxygen atoms in total. The molecule has 0 aliphatic heterocycles. The van der Waals surface area contributed by atoms with E-state index in [2.05, 4.69) is 11.1 Å². The molecule has 1 aromatic carbocycles. The van der Waals surface area contributed by atoms with E-state index in [1.165, 1.54) is 16.3 Å². The van der Waals surface area contributed by atoms with E-state index in [0.717, 1.165) is 19.3 Å². The Labute approximate surface area is 185 Å². The number of benzene rings is 1. The highest BCUT2D eigenvalue weighted by Crippen LogP contribution is 2.33. The third-order valence-electron chi connectivity index (χ3n) is 5.63. The predicted molar refractivity (Wildman–Crippen MR) is 118 cm³/mol. The third-order valence-corrected chi connectivity index (χ3v) is 6.83. The highest BCUT2D eigenvalue weighted by Gasteiger charge is 2.38. The van der Waals surface area contributed by atoms with Gasteiger partial charge >= 0.3 is 0 Å². The van der Waals surface area contributed by atoms with Gasteiger partial charge in [-0.1, -0.05) is 42.6 Å². The van der Waals surface area contributed by atoms with Crippen LogP contribution in [-0.2, 0) is 16.1 Å². The molecular weight excluding hydrogens is 424 g/mol. The fourth-order valence-corrected chi connectivity index (χ4v) is 4.89. The first-order valence-corrected chi connectivity index (χ1v) is 11.3. The summed E-state index contributed by atoms with van der Waals surface area (Å²) in [5.41, 5.74) is -0.446. The monoisotopic (exact) mass is 448 g/mol. The molecule has 1 amide bonds. The van der Waals surface area contributed by atoms with Crippen molar-refractivity contribution in [3.63, 3.8) is 0 Å². The van der Waals surface area contributed by atoms with Gasteiger partial charge in [0.25, 0.3) is 5.56 Å². The van der Waals surface area contributed by atoms with Crippen LogP contribution in [0.5, 0.6) is 0 Å². The van der Waals surface area contributed by atoms with E-state index in [-0.39, 0.29) is 17.2 Å². The molecule has 0 saturated heterocycles. The first-order valence-electron chi connectivity index (χ1n) is 9.91. The van der Waals surface area contributed by atoms with E-state index in [9.17, 15) is 14.9 Å². The zero-order chi connectivity index (χ0) is 21.7. The molecule has 1 aliphatic carbocycles. The second kappa shape index (κ2) is 9.82. The van der Waals surface area contributed by atoms with Gasteiger partial charge in [-0.05, 0) is 31.0 Å². The lowest BCUT2D eigenvalue weighted by Crippen LogP contribution is -2.50. The minimum atomic E-state index is -0.740. The summed E-state index contributed by atoms with van der Waals surface area (Å²) in [6, 6.07) is 7.32. The first kappa shape index (κ1) is 22.6. The van der Waals surface area contributed by atoms with Crippen molar-refractivity contribution in [1.29, 1.82) is 5.26 Å². The van der Waals surface area contributed by atoms with Gasteiger partial charge in [0.1, 0.15) is 5.54 Å². The number of ether oxygens (including phenoxy) is 1. The number of thioether (sulfide) groups is 1. The molecule has 0 unspecified atom stereocenters. The maximum atomic E-state index is 13.0. The van der Waals surface area contributed by atoms with Crippen LogP contribution in [0.2, 0.25) is 5.02 Å². The van der Waals surface area contributed by atoms with Crippen molar-refractivity contribution in [2.75, 3.05) is 26.5 Å². The maximum Gasteiger partial charge on any atom is 0.262 e. The molecular formula is C21H25ClN4O3S. The van der Waals surface area contributed by atoms with E-state index in [1.54, 1.807) is 37.3 Å². The van der Waals surface area contributed by atoms with Crippen molar-refractivity contribution in [3.8, 4) is 6.07 Å². The summed E-state index contributed by atoms with van der Waals surface area (Å²) in [5.74, 6) is -0.0620. The van der Waals surface area contributed by atoms with Crippen LogP contribution in [-0.4, -0.2) is 52.4 Å². The van der Waals surface area contributed by atoms with Crippen molar-refractivity contribution in [2.45, 2.75) is 49.3 Å². The summed E-state index contributed by atoms with van der Waals surface area (Å²) in [5, 5.41) is 11.1. The van der Waals surface area contributed by atoms with Crippen LogP contribution in [0.1, 0.15) is 32.1 Å². The Morgan fingerprint density at radius 1 is 1.40 bits per heavy atom. The Bertz CT molecular complexity index is 1030. The van der Waals surface area contributed by atoms with Gasteiger partial charge in [0.2, 0.25) is 5.91 Å². The van der Waals surface area contributed by atoms with Crippen molar-refractivity contribution in [2.24, 2.45) is 0 Å². The molecule has 0 radical (unpaired) electrons. The van der Waals surface area contributed by atoms with E-state index >= 15 is 0 Å². The lowest BCUT2D eigenvalue weighted by Gasteiger charge is -2.39. The van der Waals surface area contributed by atoms with Gasteiger partial charge in [-0.2, -0.15) is 5.26 Å². The van der Waals surface area contributed by atoms with E-state index < -0.39 is 5.54 Å². The summed E-state index contributed by atoms with van der Waals surface area (Å²) in [7, 11) is 3.26. The number of hydrogen-bond acceptors (Lipinski definition) is 6. The second-order valence-corrected chi connectivity index (χ2v) is 8.83. The normalized spacial score (nSPS) is 15.7. The van der Waals surface area contributed by atoms with Gasteiger partial charge in [-0.25, -0.2) is 4.98 Å². The molecule has 1 aromatic heterocycles. The third kappa shape index (κ3) is 4.64.